The van der Waals surface area contributed by atoms with E-state index in [9.17, 15) is 0 Å². The van der Waals surface area contributed by atoms with Crippen molar-refractivity contribution in [3.8, 4) is 16.9 Å². The summed E-state index contributed by atoms with van der Waals surface area (Å²) in [6, 6.07) is 16.5. The highest BCUT2D eigenvalue weighted by Crippen LogP contribution is 2.35. The van der Waals surface area contributed by atoms with Crippen LogP contribution in [-0.2, 0) is 9.47 Å². The summed E-state index contributed by atoms with van der Waals surface area (Å²) in [6.07, 6.45) is 5.68. The standard InChI is InChI=1S/C27H36O3/c1-8-25(28-19(2)3)26(29-20(4)5)18-17-23-15-12-16-24(27(23)30-21(6)7)22-13-10-9-11-14-22/h8-21,25-26H,1H2,2-7H3/b18-17+/t25-,26+/m0/s1. The van der Waals surface area contributed by atoms with E-state index in [1.54, 1.807) is 0 Å². The van der Waals surface area contributed by atoms with Gasteiger partial charge in [-0.05, 0) is 47.1 Å². The van der Waals surface area contributed by atoms with Gasteiger partial charge in [0.1, 0.15) is 18.0 Å². The summed E-state index contributed by atoms with van der Waals surface area (Å²) in [5, 5.41) is 0. The maximum absolute atomic E-state index is 6.25. The largest absolute Gasteiger partial charge is 0.490 e. The Morgan fingerprint density at radius 1 is 0.733 bits per heavy atom. The van der Waals surface area contributed by atoms with Crippen LogP contribution in [0.4, 0.5) is 0 Å². The molecule has 0 aliphatic rings. The van der Waals surface area contributed by atoms with Crippen LogP contribution in [0.5, 0.6) is 5.75 Å². The van der Waals surface area contributed by atoms with Crippen LogP contribution in [0.3, 0.4) is 0 Å². The van der Waals surface area contributed by atoms with Crippen molar-refractivity contribution in [1.29, 1.82) is 0 Å². The summed E-state index contributed by atoms with van der Waals surface area (Å²) < 4.78 is 18.4. The van der Waals surface area contributed by atoms with Crippen molar-refractivity contribution in [1.82, 2.24) is 0 Å². The third-order valence-electron chi connectivity index (χ3n) is 4.36. The molecule has 0 aliphatic heterocycles. The van der Waals surface area contributed by atoms with E-state index in [1.165, 1.54) is 0 Å². The summed E-state index contributed by atoms with van der Waals surface area (Å²) >= 11 is 0. The highest BCUT2D eigenvalue weighted by atomic mass is 16.5. The third kappa shape index (κ3) is 7.16. The van der Waals surface area contributed by atoms with E-state index in [0.717, 1.165) is 22.4 Å². The zero-order valence-corrected chi connectivity index (χ0v) is 19.2. The number of rotatable bonds is 11. The van der Waals surface area contributed by atoms with Crippen molar-refractivity contribution in [2.45, 2.75) is 72.1 Å². The van der Waals surface area contributed by atoms with Gasteiger partial charge in [-0.2, -0.15) is 0 Å². The highest BCUT2D eigenvalue weighted by molar-refractivity contribution is 5.76. The first-order valence-electron chi connectivity index (χ1n) is 10.8. The predicted molar refractivity (Wildman–Crippen MR) is 127 cm³/mol. The topological polar surface area (TPSA) is 27.7 Å². The Hall–Kier alpha value is -2.36. The van der Waals surface area contributed by atoms with Crippen molar-refractivity contribution >= 4 is 6.08 Å². The first kappa shape index (κ1) is 23.9. The molecule has 2 aromatic rings. The van der Waals surface area contributed by atoms with Gasteiger partial charge in [0.15, 0.2) is 0 Å². The zero-order valence-electron chi connectivity index (χ0n) is 19.2. The maximum atomic E-state index is 6.25. The minimum Gasteiger partial charge on any atom is -0.490 e. The summed E-state index contributed by atoms with van der Waals surface area (Å²) in [4.78, 5) is 0. The van der Waals surface area contributed by atoms with Gasteiger partial charge < -0.3 is 14.2 Å². The second-order valence-corrected chi connectivity index (χ2v) is 8.15. The average molecular weight is 409 g/mol. The van der Waals surface area contributed by atoms with Crippen LogP contribution in [0.1, 0.15) is 47.1 Å². The fourth-order valence-corrected chi connectivity index (χ4v) is 3.22. The van der Waals surface area contributed by atoms with Crippen LogP contribution in [-0.4, -0.2) is 30.5 Å². The molecule has 0 heterocycles. The highest BCUT2D eigenvalue weighted by Gasteiger charge is 2.21. The predicted octanol–water partition coefficient (Wildman–Crippen LogP) is 6.93. The Balaban J connectivity index is 2.44. The molecule has 3 heteroatoms. The van der Waals surface area contributed by atoms with Crippen LogP contribution in [0.2, 0.25) is 0 Å². The lowest BCUT2D eigenvalue weighted by atomic mass is 10.0. The molecular formula is C27H36O3. The van der Waals surface area contributed by atoms with E-state index in [2.05, 4.69) is 43.0 Å². The quantitative estimate of drug-likeness (QED) is 0.377. The van der Waals surface area contributed by atoms with E-state index in [-0.39, 0.29) is 30.5 Å². The van der Waals surface area contributed by atoms with E-state index >= 15 is 0 Å². The molecule has 0 saturated carbocycles. The van der Waals surface area contributed by atoms with E-state index in [1.807, 2.05) is 71.9 Å². The Morgan fingerprint density at radius 3 is 1.93 bits per heavy atom. The Bertz CT molecular complexity index is 806. The molecule has 0 amide bonds. The lowest BCUT2D eigenvalue weighted by Gasteiger charge is -2.26. The van der Waals surface area contributed by atoms with Crippen LogP contribution >= 0.6 is 0 Å². The summed E-state index contributed by atoms with van der Waals surface area (Å²) in [7, 11) is 0. The minimum absolute atomic E-state index is 0.0647. The van der Waals surface area contributed by atoms with Crippen molar-refractivity contribution in [2.75, 3.05) is 0 Å². The van der Waals surface area contributed by atoms with E-state index in [4.69, 9.17) is 14.2 Å². The molecule has 0 saturated heterocycles. The van der Waals surface area contributed by atoms with Gasteiger partial charge in [-0.3, -0.25) is 0 Å². The molecule has 0 radical (unpaired) electrons. The zero-order chi connectivity index (χ0) is 22.1. The molecule has 0 spiro atoms. The van der Waals surface area contributed by atoms with Gasteiger partial charge in [0.05, 0.1) is 18.3 Å². The van der Waals surface area contributed by atoms with Gasteiger partial charge >= 0.3 is 0 Å². The number of hydrogen-bond acceptors (Lipinski definition) is 3. The molecule has 3 nitrogen and oxygen atoms in total. The van der Waals surface area contributed by atoms with Crippen molar-refractivity contribution in [3.05, 3.63) is 72.8 Å². The number of para-hydroxylation sites is 1. The molecule has 2 rings (SSSR count). The van der Waals surface area contributed by atoms with Crippen LogP contribution in [0, 0.1) is 0 Å². The van der Waals surface area contributed by atoms with Gasteiger partial charge in [-0.15, -0.1) is 6.58 Å². The fourth-order valence-electron chi connectivity index (χ4n) is 3.22. The molecule has 2 aromatic carbocycles. The van der Waals surface area contributed by atoms with Crippen molar-refractivity contribution in [3.63, 3.8) is 0 Å². The maximum Gasteiger partial charge on any atom is 0.134 e. The van der Waals surface area contributed by atoms with Crippen molar-refractivity contribution < 1.29 is 14.2 Å². The fraction of sp³-hybridized carbons (Fsp3) is 0.407. The van der Waals surface area contributed by atoms with Gasteiger partial charge in [0.2, 0.25) is 0 Å². The van der Waals surface area contributed by atoms with Gasteiger partial charge in [0, 0.05) is 11.1 Å². The van der Waals surface area contributed by atoms with Crippen molar-refractivity contribution in [2.24, 2.45) is 0 Å². The van der Waals surface area contributed by atoms with Gasteiger partial charge in [-0.25, -0.2) is 0 Å². The molecule has 2 atom stereocenters. The minimum atomic E-state index is -0.239. The Morgan fingerprint density at radius 2 is 1.37 bits per heavy atom. The normalized spacial score (nSPS) is 13.9. The average Bonchev–Trinajstić information content (AvgIpc) is 2.70. The molecule has 0 aromatic heterocycles. The van der Waals surface area contributed by atoms with Crippen LogP contribution in [0.25, 0.3) is 17.2 Å². The number of ether oxygens (including phenoxy) is 3. The molecule has 0 aliphatic carbocycles. The monoisotopic (exact) mass is 408 g/mol. The molecular weight excluding hydrogens is 372 g/mol. The van der Waals surface area contributed by atoms with Crippen LogP contribution in [0.15, 0.2) is 67.3 Å². The second-order valence-electron chi connectivity index (χ2n) is 8.15. The summed E-state index contributed by atoms with van der Waals surface area (Å²) in [5.41, 5.74) is 3.21. The van der Waals surface area contributed by atoms with Crippen LogP contribution < -0.4 is 4.74 Å². The lowest BCUT2D eigenvalue weighted by Crippen LogP contribution is -2.32. The van der Waals surface area contributed by atoms with Gasteiger partial charge in [-0.1, -0.05) is 66.8 Å². The molecule has 0 bridgehead atoms. The summed E-state index contributed by atoms with van der Waals surface area (Å²) in [5.74, 6) is 0.873. The van der Waals surface area contributed by atoms with E-state index < -0.39 is 0 Å². The first-order valence-corrected chi connectivity index (χ1v) is 10.8. The second kappa shape index (κ2) is 11.7. The third-order valence-corrected chi connectivity index (χ3v) is 4.36. The Labute approximate surface area is 182 Å². The Kier molecular flexibility index (Phi) is 9.35. The molecule has 0 unspecified atom stereocenters. The number of benzene rings is 2. The molecule has 0 fully saturated rings. The van der Waals surface area contributed by atoms with E-state index in [0.29, 0.717) is 0 Å². The summed E-state index contributed by atoms with van der Waals surface area (Å²) in [6.45, 7) is 16.1. The first-order chi connectivity index (χ1) is 14.3. The SMILES string of the molecule is C=C[C@H](OC(C)C)[C@@H](/C=C/c1cccc(-c2ccccc2)c1OC(C)C)OC(C)C. The molecule has 0 N–H and O–H groups in total. The smallest absolute Gasteiger partial charge is 0.134 e. The lowest BCUT2D eigenvalue weighted by molar-refractivity contribution is -0.0696. The molecule has 30 heavy (non-hydrogen) atoms. The van der Waals surface area contributed by atoms with Gasteiger partial charge in [0.25, 0.3) is 0 Å². The molecule has 162 valence electrons. The number of hydrogen-bond donors (Lipinski definition) is 0.